The Hall–Kier alpha value is -2.99. The summed E-state index contributed by atoms with van der Waals surface area (Å²) in [4.78, 5) is 15.7. The number of nitrogens with one attached hydrogen (secondary N) is 1. The molecule has 1 aliphatic heterocycles. The summed E-state index contributed by atoms with van der Waals surface area (Å²) < 4.78 is 41.1. The van der Waals surface area contributed by atoms with E-state index in [-0.39, 0.29) is 12.5 Å². The Kier molecular flexibility index (Phi) is 4.49. The number of hydrogen-bond acceptors (Lipinski definition) is 10. The summed E-state index contributed by atoms with van der Waals surface area (Å²) in [6.45, 7) is 0.0865. The van der Waals surface area contributed by atoms with Crippen molar-refractivity contribution in [1.29, 1.82) is 0 Å². The van der Waals surface area contributed by atoms with Crippen LogP contribution in [0.25, 0.3) is 0 Å². The molecule has 0 saturated carbocycles. The normalized spacial score (nSPS) is 16.1. The van der Waals surface area contributed by atoms with E-state index in [2.05, 4.69) is 20.5 Å². The summed E-state index contributed by atoms with van der Waals surface area (Å²) in [7, 11) is -4.11. The lowest BCUT2D eigenvalue weighted by Gasteiger charge is -2.23. The van der Waals surface area contributed by atoms with Gasteiger partial charge in [0.05, 0.1) is 0 Å². The number of rotatable bonds is 5. The largest absolute Gasteiger partial charge is 0.485 e. The van der Waals surface area contributed by atoms with Crippen LogP contribution in [0.2, 0.25) is 0 Å². The maximum Gasteiger partial charge on any atom is 0.336 e. The van der Waals surface area contributed by atoms with Crippen LogP contribution in [0.5, 0.6) is 11.5 Å². The number of para-hydroxylation sites is 2. The Labute approximate surface area is 157 Å². The minimum Gasteiger partial charge on any atom is -0.485 e. The molecule has 1 amide bonds. The van der Waals surface area contributed by atoms with Crippen LogP contribution in [0, 0.1) is 0 Å². The maximum atomic E-state index is 12.3. The van der Waals surface area contributed by atoms with Crippen LogP contribution in [0.4, 0.5) is 5.13 Å². The molecule has 3 heterocycles. The second-order valence-corrected chi connectivity index (χ2v) is 8.18. The molecule has 0 bridgehead atoms. The van der Waals surface area contributed by atoms with Gasteiger partial charge in [-0.15, -0.1) is 16.4 Å². The second kappa shape index (κ2) is 6.96. The topological polar surface area (TPSA) is 134 Å². The third-order valence-corrected chi connectivity index (χ3v) is 5.50. The first-order chi connectivity index (χ1) is 13.0. The van der Waals surface area contributed by atoms with E-state index in [1.54, 1.807) is 29.6 Å². The van der Waals surface area contributed by atoms with Gasteiger partial charge in [-0.25, -0.2) is 13.4 Å². The van der Waals surface area contributed by atoms with Gasteiger partial charge in [0, 0.05) is 11.6 Å². The minimum absolute atomic E-state index is 0.0524. The van der Waals surface area contributed by atoms with Crippen LogP contribution < -0.4 is 14.8 Å². The zero-order valence-electron chi connectivity index (χ0n) is 13.6. The smallest absolute Gasteiger partial charge is 0.336 e. The highest BCUT2D eigenvalue weighted by Crippen LogP contribution is 2.35. The molecule has 10 nitrogen and oxygen atoms in total. The molecular formula is C15H12N4O6S2. The summed E-state index contributed by atoms with van der Waals surface area (Å²) in [6.07, 6.45) is 0.740. The van der Waals surface area contributed by atoms with Gasteiger partial charge in [0.25, 0.3) is 5.89 Å². The van der Waals surface area contributed by atoms with E-state index < -0.39 is 32.8 Å². The van der Waals surface area contributed by atoms with Crippen LogP contribution >= 0.6 is 11.3 Å². The Morgan fingerprint density at radius 1 is 1.26 bits per heavy atom. The van der Waals surface area contributed by atoms with E-state index in [9.17, 15) is 13.2 Å². The number of hydrogen-bond donors (Lipinski definition) is 1. The van der Waals surface area contributed by atoms with Crippen molar-refractivity contribution in [3.63, 3.8) is 0 Å². The van der Waals surface area contributed by atoms with Crippen molar-refractivity contribution in [1.82, 2.24) is 15.2 Å². The predicted octanol–water partition coefficient (Wildman–Crippen LogP) is 1.45. The molecule has 140 valence electrons. The highest BCUT2D eigenvalue weighted by Gasteiger charge is 2.31. The van der Waals surface area contributed by atoms with E-state index in [1.807, 2.05) is 0 Å². The summed E-state index contributed by atoms with van der Waals surface area (Å²) >= 11 is 1.17. The molecule has 12 heteroatoms. The third-order valence-electron chi connectivity index (χ3n) is 3.47. The van der Waals surface area contributed by atoms with E-state index in [1.165, 1.54) is 17.5 Å². The van der Waals surface area contributed by atoms with E-state index in [4.69, 9.17) is 13.9 Å². The van der Waals surface area contributed by atoms with Gasteiger partial charge in [-0.1, -0.05) is 17.2 Å². The van der Waals surface area contributed by atoms with Crippen LogP contribution in [0.15, 0.2) is 45.5 Å². The standard InChI is InChI=1S/C15H12N4O6S2/c20-12(17-14-16-5-6-26-14)8-27(21,22)15-19-18-13(25-15)11-7-23-9-3-1-2-4-10(9)24-11/h1-6,11H,7-8H2,(H,16,17,20). The van der Waals surface area contributed by atoms with Crippen molar-refractivity contribution in [3.05, 3.63) is 41.7 Å². The van der Waals surface area contributed by atoms with Crippen molar-refractivity contribution in [2.45, 2.75) is 11.3 Å². The highest BCUT2D eigenvalue weighted by atomic mass is 32.2. The summed E-state index contributed by atoms with van der Waals surface area (Å²) in [5, 5.41) is 10.9. The molecule has 1 aliphatic rings. The average Bonchev–Trinajstić information content (AvgIpc) is 3.33. The number of carbonyl (C=O) groups excluding carboxylic acids is 1. The van der Waals surface area contributed by atoms with Crippen molar-refractivity contribution < 1.29 is 27.1 Å². The van der Waals surface area contributed by atoms with Crippen molar-refractivity contribution in [2.24, 2.45) is 0 Å². The molecule has 0 aliphatic carbocycles. The minimum atomic E-state index is -4.11. The SMILES string of the molecule is O=C(CS(=O)(=O)c1nnc(C2COc3ccccc3O2)o1)Nc1nccs1. The lowest BCUT2D eigenvalue weighted by Crippen LogP contribution is -2.23. The lowest BCUT2D eigenvalue weighted by atomic mass is 10.2. The van der Waals surface area contributed by atoms with E-state index in [0.717, 1.165) is 0 Å². The quantitative estimate of drug-likeness (QED) is 0.665. The molecule has 0 fully saturated rings. The fraction of sp³-hybridized carbons (Fsp3) is 0.200. The van der Waals surface area contributed by atoms with Gasteiger partial charge >= 0.3 is 5.22 Å². The number of benzene rings is 1. The van der Waals surface area contributed by atoms with Crippen LogP contribution in [0.1, 0.15) is 12.0 Å². The van der Waals surface area contributed by atoms with Gasteiger partial charge in [0.1, 0.15) is 12.4 Å². The van der Waals surface area contributed by atoms with Crippen molar-refractivity contribution in [3.8, 4) is 11.5 Å². The fourth-order valence-electron chi connectivity index (χ4n) is 2.29. The molecule has 1 aromatic carbocycles. The molecule has 1 unspecified atom stereocenters. The number of anilines is 1. The molecule has 1 N–H and O–H groups in total. The Bertz CT molecular complexity index is 1060. The number of fused-ring (bicyclic) bond motifs is 1. The van der Waals surface area contributed by atoms with Gasteiger partial charge < -0.3 is 19.2 Å². The van der Waals surface area contributed by atoms with Gasteiger partial charge in [-0.05, 0) is 12.1 Å². The first-order valence-corrected chi connectivity index (χ1v) is 10.2. The highest BCUT2D eigenvalue weighted by molar-refractivity contribution is 7.91. The zero-order chi connectivity index (χ0) is 18.9. The lowest BCUT2D eigenvalue weighted by molar-refractivity contribution is -0.113. The first-order valence-electron chi connectivity index (χ1n) is 7.65. The number of ether oxygens (including phenoxy) is 2. The maximum absolute atomic E-state index is 12.3. The number of sulfone groups is 1. The number of carbonyl (C=O) groups is 1. The zero-order valence-corrected chi connectivity index (χ0v) is 15.2. The molecule has 0 radical (unpaired) electrons. The van der Waals surface area contributed by atoms with Crippen molar-refractivity contribution >= 4 is 32.2 Å². The fourth-order valence-corrected chi connectivity index (χ4v) is 3.76. The molecule has 0 spiro atoms. The van der Waals surface area contributed by atoms with Crippen molar-refractivity contribution in [2.75, 3.05) is 17.7 Å². The second-order valence-electron chi connectivity index (χ2n) is 5.41. The van der Waals surface area contributed by atoms with Gasteiger partial charge in [0.15, 0.2) is 16.6 Å². The summed E-state index contributed by atoms with van der Waals surface area (Å²) in [5.41, 5.74) is 0. The van der Waals surface area contributed by atoms with Gasteiger partial charge in [0.2, 0.25) is 21.8 Å². The summed E-state index contributed by atoms with van der Waals surface area (Å²) in [5.74, 6) is -0.600. The van der Waals surface area contributed by atoms with Gasteiger partial charge in [-0.3, -0.25) is 4.79 Å². The van der Waals surface area contributed by atoms with Crippen LogP contribution in [-0.2, 0) is 14.6 Å². The molecule has 2 aromatic heterocycles. The molecule has 4 rings (SSSR count). The number of thiazole rings is 1. The predicted molar refractivity (Wildman–Crippen MR) is 92.4 cm³/mol. The average molecular weight is 408 g/mol. The Balaban J connectivity index is 1.46. The number of nitrogens with zero attached hydrogens (tertiary/aromatic N) is 3. The molecular weight excluding hydrogens is 396 g/mol. The molecule has 3 aromatic rings. The summed E-state index contributed by atoms with van der Waals surface area (Å²) in [6, 6.07) is 7.03. The van der Waals surface area contributed by atoms with Crippen LogP contribution in [-0.4, -0.2) is 41.9 Å². The third kappa shape index (κ3) is 3.75. The Morgan fingerprint density at radius 3 is 2.85 bits per heavy atom. The number of amides is 1. The molecule has 1 atom stereocenters. The first kappa shape index (κ1) is 17.4. The monoisotopic (exact) mass is 408 g/mol. The van der Waals surface area contributed by atoms with E-state index >= 15 is 0 Å². The Morgan fingerprint density at radius 2 is 2.07 bits per heavy atom. The van der Waals surface area contributed by atoms with E-state index in [0.29, 0.717) is 16.6 Å². The number of aromatic nitrogens is 3. The van der Waals surface area contributed by atoms with Gasteiger partial charge in [-0.2, -0.15) is 0 Å². The molecule has 27 heavy (non-hydrogen) atoms. The van der Waals surface area contributed by atoms with Crippen LogP contribution in [0.3, 0.4) is 0 Å². The molecule has 0 saturated heterocycles.